The number of aliphatic hydroxyl groups excluding tert-OH is 1. The van der Waals surface area contributed by atoms with E-state index < -0.39 is 12.2 Å². The number of carbonyl (C=O) groups excluding carboxylic acids is 2. The average molecular weight is 514 g/mol. The third-order valence-corrected chi connectivity index (χ3v) is 6.97. The van der Waals surface area contributed by atoms with Crippen molar-refractivity contribution in [1.82, 2.24) is 9.47 Å². The Morgan fingerprint density at radius 3 is 2.21 bits per heavy atom. The normalized spacial score (nSPS) is 15.6. The van der Waals surface area contributed by atoms with Crippen molar-refractivity contribution in [3.8, 4) is 0 Å². The molecule has 1 unspecified atom stereocenters. The monoisotopic (exact) mass is 513 g/mol. The summed E-state index contributed by atoms with van der Waals surface area (Å²) in [6.07, 6.45) is -0.0131. The molecule has 1 N–H and O–H groups in total. The highest BCUT2D eigenvalue weighted by Gasteiger charge is 2.20. The van der Waals surface area contributed by atoms with E-state index in [1.807, 2.05) is 71.6 Å². The van der Waals surface area contributed by atoms with Crippen molar-refractivity contribution < 1.29 is 24.3 Å². The number of aryl methyl sites for hydroxylation is 1. The topological polar surface area (TPSA) is 93.4 Å². The van der Waals surface area contributed by atoms with Crippen LogP contribution in [-0.2, 0) is 20.9 Å². The van der Waals surface area contributed by atoms with Crippen LogP contribution in [0.25, 0.3) is 21.8 Å². The van der Waals surface area contributed by atoms with Crippen molar-refractivity contribution in [3.63, 3.8) is 0 Å². The maximum absolute atomic E-state index is 13.2. The van der Waals surface area contributed by atoms with E-state index in [4.69, 9.17) is 9.57 Å². The molecule has 1 aliphatic rings. The summed E-state index contributed by atoms with van der Waals surface area (Å²) in [6.45, 7) is 6.37. The largest absolute Gasteiger partial charge is 0.379 e. The highest BCUT2D eigenvalue weighted by Crippen LogP contribution is 2.32. The molecule has 8 nitrogen and oxygen atoms in total. The average Bonchev–Trinajstić information content (AvgIpc) is 3.27. The molecule has 1 atom stereocenters. The van der Waals surface area contributed by atoms with Crippen molar-refractivity contribution >= 4 is 39.3 Å². The van der Waals surface area contributed by atoms with E-state index >= 15 is 0 Å². The number of ether oxygens (including phenoxy) is 1. The maximum Gasteiger partial charge on any atom is 0.331 e. The first-order valence-corrected chi connectivity index (χ1v) is 12.8. The molecule has 0 amide bonds. The van der Waals surface area contributed by atoms with Gasteiger partial charge < -0.3 is 19.2 Å². The Morgan fingerprint density at radius 1 is 0.921 bits per heavy atom. The standard InChI is InChI=1S/C30H31N3O5/c1-20(31-38-21(2)34)23-8-10-27-25(18-23)26-19-24(30(36)22-6-4-3-5-7-22)9-11-28(26)33(27)13-12-29(35)32-14-16-37-17-15-32/h3-11,18-19,29,35H,12-17H2,1-2H3/b31-20-. The molecular formula is C30H31N3O5. The number of benzene rings is 3. The van der Waals surface area contributed by atoms with Gasteiger partial charge in [-0.15, -0.1) is 0 Å². The van der Waals surface area contributed by atoms with E-state index in [-0.39, 0.29) is 5.78 Å². The van der Waals surface area contributed by atoms with Crippen molar-refractivity contribution in [2.24, 2.45) is 5.16 Å². The van der Waals surface area contributed by atoms with Crippen LogP contribution in [0.1, 0.15) is 41.8 Å². The zero-order valence-corrected chi connectivity index (χ0v) is 21.6. The minimum atomic E-state index is -0.567. The van der Waals surface area contributed by atoms with Gasteiger partial charge in [-0.3, -0.25) is 9.69 Å². The minimum absolute atomic E-state index is 0.0418. The highest BCUT2D eigenvalue weighted by molar-refractivity contribution is 6.15. The summed E-state index contributed by atoms with van der Waals surface area (Å²) >= 11 is 0. The van der Waals surface area contributed by atoms with Crippen LogP contribution in [0.3, 0.4) is 0 Å². The lowest BCUT2D eigenvalue weighted by molar-refractivity contribution is -0.140. The lowest BCUT2D eigenvalue weighted by atomic mass is 10.0. The van der Waals surface area contributed by atoms with Crippen molar-refractivity contribution in [3.05, 3.63) is 83.4 Å². The molecule has 0 aliphatic carbocycles. The van der Waals surface area contributed by atoms with Crippen molar-refractivity contribution in [2.45, 2.75) is 33.0 Å². The lowest BCUT2D eigenvalue weighted by Crippen LogP contribution is -2.43. The van der Waals surface area contributed by atoms with Gasteiger partial charge in [0, 0.05) is 65.9 Å². The summed E-state index contributed by atoms with van der Waals surface area (Å²) in [7, 11) is 0. The fourth-order valence-electron chi connectivity index (χ4n) is 4.96. The van der Waals surface area contributed by atoms with Gasteiger partial charge in [0.2, 0.25) is 0 Å². The second-order valence-electron chi connectivity index (χ2n) is 9.49. The Labute approximate surface area is 221 Å². The number of nitrogens with zero attached hydrogens (tertiary/aromatic N) is 3. The van der Waals surface area contributed by atoms with E-state index in [0.717, 1.165) is 27.4 Å². The van der Waals surface area contributed by atoms with Gasteiger partial charge in [-0.1, -0.05) is 41.6 Å². The van der Waals surface area contributed by atoms with E-state index in [1.165, 1.54) is 6.92 Å². The smallest absolute Gasteiger partial charge is 0.331 e. The molecule has 1 saturated heterocycles. The van der Waals surface area contributed by atoms with Gasteiger partial charge in [-0.25, -0.2) is 4.79 Å². The summed E-state index contributed by atoms with van der Waals surface area (Å²) < 4.78 is 7.60. The van der Waals surface area contributed by atoms with Gasteiger partial charge in [0.25, 0.3) is 0 Å². The number of aliphatic hydroxyl groups is 1. The Hall–Kier alpha value is -3.85. The van der Waals surface area contributed by atoms with Gasteiger partial charge in [-0.05, 0) is 42.8 Å². The van der Waals surface area contributed by atoms with E-state index in [1.54, 1.807) is 6.92 Å². The number of hydrogen-bond donors (Lipinski definition) is 1. The molecule has 4 aromatic rings. The quantitative estimate of drug-likeness (QED) is 0.163. The second-order valence-corrected chi connectivity index (χ2v) is 9.49. The SMILES string of the molecule is CC(=O)O/N=C(/C)c1ccc2c(c1)c1cc(C(=O)c3ccccc3)ccc1n2CCC(O)N1CCOCC1. The summed E-state index contributed by atoms with van der Waals surface area (Å²) in [5.74, 6) is -0.523. The molecule has 5 rings (SSSR count). The first kappa shape index (κ1) is 25.8. The van der Waals surface area contributed by atoms with Crippen LogP contribution in [0.5, 0.6) is 0 Å². The molecule has 1 fully saturated rings. The number of fused-ring (bicyclic) bond motifs is 3. The molecule has 3 aromatic carbocycles. The van der Waals surface area contributed by atoms with Crippen LogP contribution in [-0.4, -0.2) is 64.6 Å². The maximum atomic E-state index is 13.2. The van der Waals surface area contributed by atoms with Crippen LogP contribution in [0, 0.1) is 0 Å². The Balaban J connectivity index is 1.56. The first-order valence-electron chi connectivity index (χ1n) is 12.8. The van der Waals surface area contributed by atoms with Gasteiger partial charge in [0.15, 0.2) is 5.78 Å². The first-order chi connectivity index (χ1) is 18.4. The molecule has 0 radical (unpaired) electrons. The van der Waals surface area contributed by atoms with Gasteiger partial charge >= 0.3 is 5.97 Å². The Bertz CT molecular complexity index is 1500. The summed E-state index contributed by atoms with van der Waals surface area (Å²) in [4.78, 5) is 31.3. The summed E-state index contributed by atoms with van der Waals surface area (Å²) in [6, 6.07) is 21.0. The van der Waals surface area contributed by atoms with Crippen LogP contribution in [0.2, 0.25) is 0 Å². The highest BCUT2D eigenvalue weighted by atomic mass is 16.7. The molecule has 1 aromatic heterocycles. The molecule has 8 heteroatoms. The van der Waals surface area contributed by atoms with Crippen LogP contribution < -0.4 is 0 Å². The molecule has 2 heterocycles. The third kappa shape index (κ3) is 5.38. The molecular weight excluding hydrogens is 482 g/mol. The molecule has 38 heavy (non-hydrogen) atoms. The predicted molar refractivity (Wildman–Crippen MR) is 146 cm³/mol. The Kier molecular flexibility index (Phi) is 7.64. The predicted octanol–water partition coefficient (Wildman–Crippen LogP) is 4.35. The van der Waals surface area contributed by atoms with Gasteiger partial charge in [-0.2, -0.15) is 0 Å². The minimum Gasteiger partial charge on any atom is -0.379 e. The number of ketones is 1. The molecule has 196 valence electrons. The molecule has 0 spiro atoms. The van der Waals surface area contributed by atoms with Crippen molar-refractivity contribution in [1.29, 1.82) is 0 Å². The van der Waals surface area contributed by atoms with E-state index in [0.29, 0.717) is 56.1 Å². The van der Waals surface area contributed by atoms with Crippen LogP contribution in [0.15, 0.2) is 71.9 Å². The number of morpholine rings is 1. The summed E-state index contributed by atoms with van der Waals surface area (Å²) in [5, 5.41) is 16.7. The Morgan fingerprint density at radius 2 is 1.55 bits per heavy atom. The number of oxime groups is 1. The van der Waals surface area contributed by atoms with Crippen LogP contribution >= 0.6 is 0 Å². The van der Waals surface area contributed by atoms with Gasteiger partial charge in [0.05, 0.1) is 18.9 Å². The summed E-state index contributed by atoms with van der Waals surface area (Å²) in [5.41, 5.74) is 4.59. The number of hydrogen-bond acceptors (Lipinski definition) is 7. The van der Waals surface area contributed by atoms with Crippen molar-refractivity contribution in [2.75, 3.05) is 26.3 Å². The fraction of sp³-hybridized carbons (Fsp3) is 0.300. The number of rotatable bonds is 8. The fourth-order valence-corrected chi connectivity index (χ4v) is 4.96. The number of carbonyl (C=O) groups is 2. The van der Waals surface area contributed by atoms with Gasteiger partial charge in [0.1, 0.15) is 6.23 Å². The van der Waals surface area contributed by atoms with Crippen LogP contribution in [0.4, 0.5) is 0 Å². The molecule has 1 aliphatic heterocycles. The molecule has 0 saturated carbocycles. The van der Waals surface area contributed by atoms with E-state index in [9.17, 15) is 14.7 Å². The van der Waals surface area contributed by atoms with E-state index in [2.05, 4.69) is 9.72 Å². The zero-order chi connectivity index (χ0) is 26.6. The second kappa shape index (κ2) is 11.3. The zero-order valence-electron chi connectivity index (χ0n) is 21.6. The lowest BCUT2D eigenvalue weighted by Gasteiger charge is -2.31. The third-order valence-electron chi connectivity index (χ3n) is 6.97. The number of aromatic nitrogens is 1. The molecule has 0 bridgehead atoms.